The summed E-state index contributed by atoms with van der Waals surface area (Å²) in [7, 11) is 1.55. The number of carboxylic acid groups (broad SMARTS) is 1. The number of benzene rings is 2. The van der Waals surface area contributed by atoms with Gasteiger partial charge in [-0.3, -0.25) is 4.79 Å². The molecule has 25 heavy (non-hydrogen) atoms. The van der Waals surface area contributed by atoms with E-state index in [0.717, 1.165) is 11.1 Å². The molecule has 4 nitrogen and oxygen atoms in total. The van der Waals surface area contributed by atoms with Crippen LogP contribution in [0.4, 0.5) is 4.39 Å². The fourth-order valence-corrected chi connectivity index (χ4v) is 2.67. The Hall–Kier alpha value is -2.11. The predicted molar refractivity (Wildman–Crippen MR) is 98.7 cm³/mol. The normalized spacial score (nSPS) is 12.8. The molecule has 0 spiro atoms. The van der Waals surface area contributed by atoms with Gasteiger partial charge in [0.05, 0.1) is 13.0 Å². The van der Waals surface area contributed by atoms with Crippen LogP contribution < -0.4 is 10.5 Å². The van der Waals surface area contributed by atoms with Crippen LogP contribution in [0.3, 0.4) is 0 Å². The molecule has 0 amide bonds. The van der Waals surface area contributed by atoms with Gasteiger partial charge in [-0.1, -0.05) is 31.2 Å². The van der Waals surface area contributed by atoms with Gasteiger partial charge in [0.2, 0.25) is 0 Å². The van der Waals surface area contributed by atoms with E-state index in [9.17, 15) is 9.18 Å². The lowest BCUT2D eigenvalue weighted by molar-refractivity contribution is -0.141. The van der Waals surface area contributed by atoms with Crippen LogP contribution in [-0.2, 0) is 11.2 Å². The molecule has 0 saturated heterocycles. The van der Waals surface area contributed by atoms with E-state index in [2.05, 4.69) is 0 Å². The van der Waals surface area contributed by atoms with Gasteiger partial charge in [-0.25, -0.2) is 4.39 Å². The van der Waals surface area contributed by atoms with E-state index >= 15 is 0 Å². The van der Waals surface area contributed by atoms with Crippen molar-refractivity contribution in [3.63, 3.8) is 0 Å². The highest BCUT2D eigenvalue weighted by Crippen LogP contribution is 2.30. The van der Waals surface area contributed by atoms with Gasteiger partial charge in [-0.05, 0) is 42.2 Å². The smallest absolute Gasteiger partial charge is 0.306 e. The molecule has 6 heteroatoms. The van der Waals surface area contributed by atoms with Crippen LogP contribution >= 0.6 is 12.4 Å². The number of methoxy groups -OCH3 is 1. The molecule has 0 aromatic heterocycles. The molecule has 0 aliphatic carbocycles. The van der Waals surface area contributed by atoms with E-state index < -0.39 is 11.9 Å². The van der Waals surface area contributed by atoms with Crippen LogP contribution in [0.25, 0.3) is 11.1 Å². The third-order valence-corrected chi connectivity index (χ3v) is 4.00. The maximum absolute atomic E-state index is 13.5. The molecule has 0 fully saturated rings. The fraction of sp³-hybridized carbons (Fsp3) is 0.316. The lowest BCUT2D eigenvalue weighted by atomic mass is 9.95. The second-order valence-corrected chi connectivity index (χ2v) is 5.98. The van der Waals surface area contributed by atoms with Crippen LogP contribution in [0.15, 0.2) is 42.5 Å². The zero-order valence-electron chi connectivity index (χ0n) is 14.2. The van der Waals surface area contributed by atoms with Crippen molar-refractivity contribution in [3.8, 4) is 16.9 Å². The van der Waals surface area contributed by atoms with Crippen molar-refractivity contribution in [3.05, 3.63) is 53.8 Å². The Morgan fingerprint density at radius 1 is 1.24 bits per heavy atom. The van der Waals surface area contributed by atoms with Gasteiger partial charge in [-0.15, -0.1) is 12.4 Å². The molecule has 136 valence electrons. The van der Waals surface area contributed by atoms with E-state index in [1.807, 2.05) is 24.3 Å². The number of carbonyl (C=O) groups is 1. The number of hydrogen-bond donors (Lipinski definition) is 2. The monoisotopic (exact) mass is 367 g/mol. The van der Waals surface area contributed by atoms with Crippen LogP contribution in [0.2, 0.25) is 0 Å². The Morgan fingerprint density at radius 3 is 2.44 bits per heavy atom. The molecule has 0 aliphatic heterocycles. The Labute approximate surface area is 153 Å². The maximum atomic E-state index is 13.5. The highest BCUT2D eigenvalue weighted by Gasteiger charge is 2.16. The number of ether oxygens (including phenoxy) is 1. The number of rotatable bonds is 7. The molecule has 2 rings (SSSR count). The van der Waals surface area contributed by atoms with Crippen LogP contribution in [0, 0.1) is 11.7 Å². The first-order valence-corrected chi connectivity index (χ1v) is 7.82. The minimum atomic E-state index is -0.834. The number of carboxylic acids is 1. The summed E-state index contributed by atoms with van der Waals surface area (Å²) < 4.78 is 18.8. The van der Waals surface area contributed by atoms with E-state index in [0.29, 0.717) is 24.2 Å². The van der Waals surface area contributed by atoms with Crippen molar-refractivity contribution < 1.29 is 19.0 Å². The Kier molecular flexibility index (Phi) is 7.87. The summed E-state index contributed by atoms with van der Waals surface area (Å²) in [6.07, 6.45) is 1.02. The van der Waals surface area contributed by atoms with Crippen molar-refractivity contribution >= 4 is 18.4 Å². The highest BCUT2D eigenvalue weighted by atomic mass is 35.5. The molecule has 2 atom stereocenters. The summed E-state index contributed by atoms with van der Waals surface area (Å²) in [6, 6.07) is 11.8. The van der Waals surface area contributed by atoms with Crippen LogP contribution in [0.5, 0.6) is 5.75 Å². The second kappa shape index (κ2) is 9.39. The van der Waals surface area contributed by atoms with E-state index in [1.165, 1.54) is 12.1 Å². The third kappa shape index (κ3) is 5.73. The van der Waals surface area contributed by atoms with Gasteiger partial charge in [0.15, 0.2) is 0 Å². The number of nitrogens with two attached hydrogens (primary N) is 1. The zero-order valence-corrected chi connectivity index (χ0v) is 15.1. The van der Waals surface area contributed by atoms with Gasteiger partial charge in [-0.2, -0.15) is 0 Å². The van der Waals surface area contributed by atoms with Crippen molar-refractivity contribution in [1.82, 2.24) is 0 Å². The zero-order chi connectivity index (χ0) is 17.7. The highest BCUT2D eigenvalue weighted by molar-refractivity contribution is 5.85. The summed E-state index contributed by atoms with van der Waals surface area (Å²) in [5.41, 5.74) is 8.58. The minimum absolute atomic E-state index is 0. The Bertz CT molecular complexity index is 706. The Morgan fingerprint density at radius 2 is 1.88 bits per heavy atom. The predicted octanol–water partition coefficient (Wildman–Crippen LogP) is 3.90. The quantitative estimate of drug-likeness (QED) is 0.778. The summed E-state index contributed by atoms with van der Waals surface area (Å²) in [6.45, 7) is 1.65. The first kappa shape index (κ1) is 20.9. The van der Waals surface area contributed by atoms with E-state index in [-0.39, 0.29) is 24.3 Å². The van der Waals surface area contributed by atoms with Crippen LogP contribution in [-0.4, -0.2) is 24.2 Å². The standard InChI is InChI=1S/C19H22FNO3.ClH/c1-12(19(22)23)9-16(21)10-13-3-5-14(6-4-13)17-11-15(20)7-8-18(17)24-2;/h3-8,11-12,16H,9-10,21H2,1-2H3,(H,22,23);1H. The molecule has 0 bridgehead atoms. The summed E-state index contributed by atoms with van der Waals surface area (Å²) in [5.74, 6) is -1.01. The molecule has 2 aromatic rings. The Balaban J connectivity index is 0.00000312. The van der Waals surface area contributed by atoms with E-state index in [4.69, 9.17) is 15.6 Å². The first-order valence-electron chi connectivity index (χ1n) is 7.82. The molecule has 0 aliphatic rings. The molecule has 0 radical (unpaired) electrons. The third-order valence-electron chi connectivity index (χ3n) is 4.00. The average molecular weight is 368 g/mol. The average Bonchev–Trinajstić information content (AvgIpc) is 2.55. The molecule has 2 aromatic carbocycles. The van der Waals surface area contributed by atoms with Crippen molar-refractivity contribution in [2.24, 2.45) is 11.7 Å². The maximum Gasteiger partial charge on any atom is 0.306 e. The lowest BCUT2D eigenvalue weighted by Crippen LogP contribution is -2.28. The second-order valence-electron chi connectivity index (χ2n) is 5.98. The van der Waals surface area contributed by atoms with Gasteiger partial charge < -0.3 is 15.6 Å². The molecule has 0 saturated carbocycles. The first-order chi connectivity index (χ1) is 11.4. The SMILES string of the molecule is COc1ccc(F)cc1-c1ccc(CC(N)CC(C)C(=O)O)cc1.Cl. The van der Waals surface area contributed by atoms with Gasteiger partial charge >= 0.3 is 5.97 Å². The van der Waals surface area contributed by atoms with Crippen molar-refractivity contribution in [2.45, 2.75) is 25.8 Å². The van der Waals surface area contributed by atoms with Gasteiger partial charge in [0.25, 0.3) is 0 Å². The topological polar surface area (TPSA) is 72.5 Å². The minimum Gasteiger partial charge on any atom is -0.496 e. The van der Waals surface area contributed by atoms with Crippen molar-refractivity contribution in [2.75, 3.05) is 7.11 Å². The van der Waals surface area contributed by atoms with E-state index in [1.54, 1.807) is 20.1 Å². The summed E-state index contributed by atoms with van der Waals surface area (Å²) in [5, 5.41) is 8.93. The molecular weight excluding hydrogens is 345 g/mol. The number of halogens is 2. The molecule has 0 heterocycles. The number of aliphatic carboxylic acids is 1. The summed E-state index contributed by atoms with van der Waals surface area (Å²) in [4.78, 5) is 10.9. The van der Waals surface area contributed by atoms with Gasteiger partial charge in [0, 0.05) is 11.6 Å². The van der Waals surface area contributed by atoms with Crippen LogP contribution in [0.1, 0.15) is 18.9 Å². The number of hydrogen-bond acceptors (Lipinski definition) is 3. The molecular formula is C19H23ClFNO3. The summed E-state index contributed by atoms with van der Waals surface area (Å²) >= 11 is 0. The van der Waals surface area contributed by atoms with Gasteiger partial charge in [0.1, 0.15) is 11.6 Å². The van der Waals surface area contributed by atoms with Crippen molar-refractivity contribution in [1.29, 1.82) is 0 Å². The molecule has 3 N–H and O–H groups in total. The largest absolute Gasteiger partial charge is 0.496 e. The molecule has 2 unspecified atom stereocenters. The lowest BCUT2D eigenvalue weighted by Gasteiger charge is -2.15. The fourth-order valence-electron chi connectivity index (χ4n) is 2.67.